The molecule has 116 valence electrons. The van der Waals surface area contributed by atoms with E-state index in [2.05, 4.69) is 15.3 Å². The normalized spacial score (nSPS) is 16.7. The molecule has 1 aromatic heterocycles. The minimum Gasteiger partial charge on any atom is -0.504 e. The van der Waals surface area contributed by atoms with Crippen molar-refractivity contribution in [1.29, 1.82) is 0 Å². The molecule has 2 aromatic carbocycles. The number of nitrogens with two attached hydrogens (primary N) is 1. The smallest absolute Gasteiger partial charge is 0.212 e. The number of nitrogens with one attached hydrogen (secondary N) is 1. The van der Waals surface area contributed by atoms with Crippen LogP contribution >= 0.6 is 11.6 Å². The van der Waals surface area contributed by atoms with Crippen molar-refractivity contribution in [3.63, 3.8) is 0 Å². The van der Waals surface area contributed by atoms with Gasteiger partial charge in [-0.3, -0.25) is 9.88 Å². The monoisotopic (exact) mass is 329 g/mol. The molecule has 7 nitrogen and oxygen atoms in total. The number of hydrogen-bond donors (Lipinski definition) is 4. The summed E-state index contributed by atoms with van der Waals surface area (Å²) in [5, 5.41) is 22.4. The van der Waals surface area contributed by atoms with Crippen molar-refractivity contribution >= 4 is 34.5 Å². The van der Waals surface area contributed by atoms with Gasteiger partial charge in [0.15, 0.2) is 23.6 Å². The number of hydrogen-bond acceptors (Lipinski definition) is 6. The lowest BCUT2D eigenvalue weighted by atomic mass is 10.1. The summed E-state index contributed by atoms with van der Waals surface area (Å²) in [6.45, 7) is 0. The first-order valence-corrected chi connectivity index (χ1v) is 7.21. The molecule has 1 aliphatic heterocycles. The molecular weight excluding hydrogens is 318 g/mol. The van der Waals surface area contributed by atoms with Crippen LogP contribution in [0.5, 0.6) is 11.5 Å². The number of nitrogens with zero attached hydrogens (tertiary/aromatic N) is 3. The van der Waals surface area contributed by atoms with Gasteiger partial charge < -0.3 is 15.9 Å². The number of aliphatic imine (C=N–C) groups is 1. The Hall–Kier alpha value is -2.93. The van der Waals surface area contributed by atoms with Gasteiger partial charge in [-0.2, -0.15) is 0 Å². The zero-order chi connectivity index (χ0) is 16.1. The number of halogens is 1. The van der Waals surface area contributed by atoms with Crippen LogP contribution in [0, 0.1) is 0 Å². The molecule has 0 spiro atoms. The predicted octanol–water partition coefficient (Wildman–Crippen LogP) is 2.39. The maximum atomic E-state index is 9.83. The highest BCUT2D eigenvalue weighted by atomic mass is 35.5. The Kier molecular flexibility index (Phi) is 2.85. The quantitative estimate of drug-likeness (QED) is 0.513. The number of imidazole rings is 1. The number of phenolic OH excluding ortho intramolecular Hbond substituents is 2. The van der Waals surface area contributed by atoms with Crippen molar-refractivity contribution in [3.8, 4) is 11.5 Å². The number of aromatic hydroxyl groups is 2. The summed E-state index contributed by atoms with van der Waals surface area (Å²) in [7, 11) is 0. The molecule has 5 N–H and O–H groups in total. The van der Waals surface area contributed by atoms with Crippen LogP contribution in [0.15, 0.2) is 41.4 Å². The lowest BCUT2D eigenvalue weighted by Crippen LogP contribution is -2.31. The van der Waals surface area contributed by atoms with Crippen LogP contribution in [-0.2, 0) is 0 Å². The zero-order valence-electron chi connectivity index (χ0n) is 11.7. The molecule has 1 atom stereocenters. The highest BCUT2D eigenvalue weighted by Crippen LogP contribution is 2.39. The number of phenols is 2. The van der Waals surface area contributed by atoms with Crippen LogP contribution in [0.4, 0.5) is 5.95 Å². The molecule has 0 saturated heterocycles. The van der Waals surface area contributed by atoms with Crippen molar-refractivity contribution in [3.05, 3.63) is 47.0 Å². The molecule has 1 unspecified atom stereocenters. The van der Waals surface area contributed by atoms with E-state index in [0.29, 0.717) is 11.5 Å². The van der Waals surface area contributed by atoms with Crippen LogP contribution < -0.4 is 11.1 Å². The zero-order valence-corrected chi connectivity index (χ0v) is 12.5. The van der Waals surface area contributed by atoms with Gasteiger partial charge in [0.25, 0.3) is 0 Å². The van der Waals surface area contributed by atoms with Crippen molar-refractivity contribution in [2.45, 2.75) is 6.17 Å². The summed E-state index contributed by atoms with van der Waals surface area (Å²) >= 11 is 5.96. The molecule has 0 fully saturated rings. The molecule has 3 aromatic rings. The number of rotatable bonds is 1. The first-order chi connectivity index (χ1) is 11.0. The van der Waals surface area contributed by atoms with Gasteiger partial charge in [0.05, 0.1) is 16.1 Å². The Labute approximate surface area is 135 Å². The summed E-state index contributed by atoms with van der Waals surface area (Å²) < 4.78 is 1.86. The number of guanidine groups is 1. The fourth-order valence-corrected chi connectivity index (χ4v) is 2.92. The molecule has 8 heteroatoms. The standard InChI is InChI=1S/C15H12ClN5O2/c16-8-5-7(6-11(22)12(8)23)13-19-14(17)20-15-18-9-3-1-2-4-10(9)21(13)15/h1-6,13,22-23H,(H3,17,18,19,20). The Bertz CT molecular complexity index is 943. The summed E-state index contributed by atoms with van der Waals surface area (Å²) in [4.78, 5) is 8.87. The Morgan fingerprint density at radius 1 is 1.22 bits per heavy atom. The molecular formula is C15H12ClN5O2. The third-order valence-electron chi connectivity index (χ3n) is 3.71. The number of fused-ring (bicyclic) bond motifs is 3. The molecule has 4 rings (SSSR count). The molecule has 23 heavy (non-hydrogen) atoms. The van der Waals surface area contributed by atoms with Crippen molar-refractivity contribution in [1.82, 2.24) is 9.55 Å². The molecule has 0 saturated carbocycles. The Morgan fingerprint density at radius 2 is 2.00 bits per heavy atom. The molecule has 0 aliphatic carbocycles. The Balaban J connectivity index is 1.97. The lowest BCUT2D eigenvalue weighted by molar-refractivity contribution is 0.402. The first-order valence-electron chi connectivity index (χ1n) is 6.83. The van der Waals surface area contributed by atoms with Gasteiger partial charge in [-0.1, -0.05) is 23.7 Å². The van der Waals surface area contributed by atoms with Gasteiger partial charge in [0.2, 0.25) is 5.95 Å². The highest BCUT2D eigenvalue weighted by Gasteiger charge is 2.26. The second-order valence-corrected chi connectivity index (χ2v) is 5.58. The van der Waals surface area contributed by atoms with E-state index in [1.54, 1.807) is 6.07 Å². The van der Waals surface area contributed by atoms with Crippen LogP contribution in [-0.4, -0.2) is 25.7 Å². The molecule has 2 heterocycles. The number of anilines is 1. The SMILES string of the molecule is NC1=NC(c2cc(O)c(O)c(Cl)c2)n2c(nc3ccccc32)N1. The van der Waals surface area contributed by atoms with Crippen LogP contribution in [0.1, 0.15) is 11.7 Å². The van der Waals surface area contributed by atoms with Crippen molar-refractivity contribution < 1.29 is 10.2 Å². The fraction of sp³-hybridized carbons (Fsp3) is 0.0667. The molecule has 1 aliphatic rings. The minimum atomic E-state index is -0.553. The molecule has 0 radical (unpaired) electrons. The average molecular weight is 330 g/mol. The maximum absolute atomic E-state index is 9.83. The van der Waals surface area contributed by atoms with Gasteiger partial charge in [-0.15, -0.1) is 0 Å². The van der Waals surface area contributed by atoms with E-state index in [9.17, 15) is 10.2 Å². The maximum Gasteiger partial charge on any atom is 0.212 e. The predicted molar refractivity (Wildman–Crippen MR) is 87.9 cm³/mol. The van der Waals surface area contributed by atoms with E-state index < -0.39 is 6.17 Å². The van der Waals surface area contributed by atoms with Crippen molar-refractivity contribution in [2.24, 2.45) is 10.7 Å². The van der Waals surface area contributed by atoms with E-state index in [4.69, 9.17) is 17.3 Å². The number of para-hydroxylation sites is 2. The molecule has 0 bridgehead atoms. The van der Waals surface area contributed by atoms with Gasteiger partial charge in [0, 0.05) is 5.56 Å². The van der Waals surface area contributed by atoms with E-state index >= 15 is 0 Å². The number of aromatic nitrogens is 2. The second-order valence-electron chi connectivity index (χ2n) is 5.18. The highest BCUT2D eigenvalue weighted by molar-refractivity contribution is 6.32. The van der Waals surface area contributed by atoms with E-state index in [0.717, 1.165) is 11.0 Å². The van der Waals surface area contributed by atoms with Crippen molar-refractivity contribution in [2.75, 3.05) is 5.32 Å². The summed E-state index contributed by atoms with van der Waals surface area (Å²) in [6, 6.07) is 10.5. The summed E-state index contributed by atoms with van der Waals surface area (Å²) in [6.07, 6.45) is -0.553. The van der Waals surface area contributed by atoms with E-state index in [-0.39, 0.29) is 22.5 Å². The van der Waals surface area contributed by atoms with Gasteiger partial charge in [0.1, 0.15) is 0 Å². The third kappa shape index (κ3) is 2.05. The first kappa shape index (κ1) is 13.7. The molecule has 0 amide bonds. The topological polar surface area (TPSA) is 109 Å². The average Bonchev–Trinajstić information content (AvgIpc) is 2.89. The van der Waals surface area contributed by atoms with Gasteiger partial charge >= 0.3 is 0 Å². The second kappa shape index (κ2) is 4.79. The van der Waals surface area contributed by atoms with Gasteiger partial charge in [-0.05, 0) is 24.3 Å². The third-order valence-corrected chi connectivity index (χ3v) is 3.99. The van der Waals surface area contributed by atoms with Gasteiger partial charge in [-0.25, -0.2) is 9.98 Å². The summed E-state index contributed by atoms with van der Waals surface area (Å²) in [5.41, 5.74) is 8.08. The summed E-state index contributed by atoms with van der Waals surface area (Å²) in [5.74, 6) is 0.0803. The van der Waals surface area contributed by atoms with Crippen LogP contribution in [0.3, 0.4) is 0 Å². The fourth-order valence-electron chi connectivity index (χ4n) is 2.69. The number of benzene rings is 2. The largest absolute Gasteiger partial charge is 0.504 e. The van der Waals surface area contributed by atoms with E-state index in [1.165, 1.54) is 6.07 Å². The Morgan fingerprint density at radius 3 is 2.78 bits per heavy atom. The van der Waals surface area contributed by atoms with Crippen LogP contribution in [0.2, 0.25) is 5.02 Å². The van der Waals surface area contributed by atoms with Crippen LogP contribution in [0.25, 0.3) is 11.0 Å². The van der Waals surface area contributed by atoms with E-state index in [1.807, 2.05) is 28.8 Å². The minimum absolute atomic E-state index is 0.0401. The lowest BCUT2D eigenvalue weighted by Gasteiger charge is -2.24.